The fraction of sp³-hybridized carbons (Fsp3) is 0.375. The Morgan fingerprint density at radius 3 is 2.54 bits per heavy atom. The highest BCUT2D eigenvalue weighted by Crippen LogP contribution is 2.29. The van der Waals surface area contributed by atoms with Gasteiger partial charge in [0, 0.05) is 35.6 Å². The van der Waals surface area contributed by atoms with Crippen LogP contribution in [0.1, 0.15) is 59.3 Å². The van der Waals surface area contributed by atoms with Gasteiger partial charge in [-0.05, 0) is 37.0 Å². The van der Waals surface area contributed by atoms with E-state index in [4.69, 9.17) is 0 Å². The van der Waals surface area contributed by atoms with E-state index in [-0.39, 0.29) is 0 Å². The largest absolute Gasteiger partial charge is 0.477 e. The number of hydrogen-bond acceptors (Lipinski definition) is 2. The summed E-state index contributed by atoms with van der Waals surface area (Å²) in [7, 11) is 0. The predicted octanol–water partition coefficient (Wildman–Crippen LogP) is 5.12. The molecule has 2 aromatic carbocycles. The molecule has 0 saturated heterocycles. The number of hydrogen-bond donors (Lipinski definition) is 2. The van der Waals surface area contributed by atoms with Crippen molar-refractivity contribution in [3.8, 4) is 0 Å². The molecule has 1 aliphatic rings. The van der Waals surface area contributed by atoms with Gasteiger partial charge in [0.15, 0.2) is 0 Å². The van der Waals surface area contributed by atoms with Gasteiger partial charge in [0.05, 0.1) is 0 Å². The highest BCUT2D eigenvalue weighted by Gasteiger charge is 2.23. The average molecular weight is 377 g/mol. The Morgan fingerprint density at radius 1 is 1.07 bits per heavy atom. The molecule has 1 aromatic heterocycles. The number of aryl methyl sites for hydroxylation is 1. The Balaban J connectivity index is 1.75. The minimum absolute atomic E-state index is 0.410. The molecular formula is C24H28N2O2. The quantitative estimate of drug-likeness (QED) is 0.628. The number of benzene rings is 2. The minimum Gasteiger partial charge on any atom is -0.477 e. The van der Waals surface area contributed by atoms with E-state index < -0.39 is 5.97 Å². The molecule has 1 fully saturated rings. The Kier molecular flexibility index (Phi) is 5.49. The Hall–Kier alpha value is -2.59. The van der Waals surface area contributed by atoms with Crippen molar-refractivity contribution in [1.82, 2.24) is 9.88 Å². The van der Waals surface area contributed by atoms with E-state index in [9.17, 15) is 9.90 Å². The first-order valence-corrected chi connectivity index (χ1v) is 10.3. The number of aromatic carboxylic acids is 1. The number of para-hydroxylation sites is 1. The SMILES string of the molecule is Cc1ccccc1Cn1c(C(=O)O)c(CNC2CCCCC2)c2ccccc21. The molecule has 1 saturated carbocycles. The predicted molar refractivity (Wildman–Crippen MR) is 113 cm³/mol. The first kappa shape index (κ1) is 18.8. The smallest absolute Gasteiger partial charge is 0.352 e. The van der Waals surface area contributed by atoms with Crippen LogP contribution in [-0.2, 0) is 13.1 Å². The van der Waals surface area contributed by atoms with Crippen LogP contribution in [0.25, 0.3) is 10.9 Å². The first-order valence-electron chi connectivity index (χ1n) is 10.3. The van der Waals surface area contributed by atoms with Crippen LogP contribution >= 0.6 is 0 Å². The molecule has 0 bridgehead atoms. The van der Waals surface area contributed by atoms with Gasteiger partial charge in [-0.15, -0.1) is 0 Å². The van der Waals surface area contributed by atoms with E-state index in [1.165, 1.54) is 37.7 Å². The molecular weight excluding hydrogens is 348 g/mol. The molecule has 4 rings (SSSR count). The number of nitrogens with one attached hydrogen (secondary N) is 1. The molecule has 0 amide bonds. The van der Waals surface area contributed by atoms with Crippen molar-refractivity contribution >= 4 is 16.9 Å². The van der Waals surface area contributed by atoms with Crippen LogP contribution in [0, 0.1) is 6.92 Å². The number of fused-ring (bicyclic) bond motifs is 1. The van der Waals surface area contributed by atoms with Gasteiger partial charge >= 0.3 is 5.97 Å². The fourth-order valence-electron chi connectivity index (χ4n) is 4.47. The zero-order valence-corrected chi connectivity index (χ0v) is 16.4. The molecule has 28 heavy (non-hydrogen) atoms. The normalized spacial score (nSPS) is 15.2. The van der Waals surface area contributed by atoms with Crippen molar-refractivity contribution in [2.45, 2.75) is 58.2 Å². The van der Waals surface area contributed by atoms with Crippen LogP contribution in [0.2, 0.25) is 0 Å². The lowest BCUT2D eigenvalue weighted by molar-refractivity contribution is 0.0684. The van der Waals surface area contributed by atoms with Gasteiger partial charge in [0.2, 0.25) is 0 Å². The highest BCUT2D eigenvalue weighted by molar-refractivity contribution is 5.98. The van der Waals surface area contributed by atoms with E-state index in [2.05, 4.69) is 24.4 Å². The van der Waals surface area contributed by atoms with Gasteiger partial charge in [-0.3, -0.25) is 0 Å². The van der Waals surface area contributed by atoms with E-state index >= 15 is 0 Å². The van der Waals surface area contributed by atoms with Crippen molar-refractivity contribution in [2.24, 2.45) is 0 Å². The average Bonchev–Trinajstić information content (AvgIpc) is 3.03. The van der Waals surface area contributed by atoms with Gasteiger partial charge in [-0.2, -0.15) is 0 Å². The standard InChI is InChI=1S/C24H28N2O2/c1-17-9-5-6-10-18(17)16-26-22-14-8-7-13-20(22)21(23(26)24(27)28)15-25-19-11-3-2-4-12-19/h5-10,13-14,19,25H,2-4,11-12,15-16H2,1H3,(H,27,28). The molecule has 4 nitrogen and oxygen atoms in total. The molecule has 1 heterocycles. The third-order valence-corrected chi connectivity index (χ3v) is 6.04. The molecule has 3 aromatic rings. The molecule has 0 radical (unpaired) electrons. The number of carbonyl (C=O) groups is 1. The summed E-state index contributed by atoms with van der Waals surface area (Å²) in [6.07, 6.45) is 6.21. The summed E-state index contributed by atoms with van der Waals surface area (Å²) in [5.41, 5.74) is 4.63. The number of nitrogens with zero attached hydrogens (tertiary/aromatic N) is 1. The van der Waals surface area contributed by atoms with Crippen LogP contribution in [0.3, 0.4) is 0 Å². The lowest BCUT2D eigenvalue weighted by atomic mass is 9.95. The van der Waals surface area contributed by atoms with E-state index in [0.29, 0.717) is 24.8 Å². The maximum Gasteiger partial charge on any atom is 0.352 e. The zero-order valence-electron chi connectivity index (χ0n) is 16.4. The monoisotopic (exact) mass is 376 g/mol. The third-order valence-electron chi connectivity index (χ3n) is 6.04. The van der Waals surface area contributed by atoms with Crippen molar-refractivity contribution in [3.05, 3.63) is 70.9 Å². The topological polar surface area (TPSA) is 54.3 Å². The van der Waals surface area contributed by atoms with E-state index in [0.717, 1.165) is 22.0 Å². The summed E-state index contributed by atoms with van der Waals surface area (Å²) < 4.78 is 1.97. The fourth-order valence-corrected chi connectivity index (χ4v) is 4.47. The lowest BCUT2D eigenvalue weighted by Crippen LogP contribution is -2.31. The second kappa shape index (κ2) is 8.19. The van der Waals surface area contributed by atoms with Gasteiger partial charge in [-0.25, -0.2) is 4.79 Å². The first-order chi connectivity index (χ1) is 13.6. The summed E-state index contributed by atoms with van der Waals surface area (Å²) in [5, 5.41) is 14.8. The van der Waals surface area contributed by atoms with Crippen molar-refractivity contribution in [3.63, 3.8) is 0 Å². The molecule has 4 heteroatoms. The van der Waals surface area contributed by atoms with Crippen LogP contribution in [0.15, 0.2) is 48.5 Å². The van der Waals surface area contributed by atoms with E-state index in [1.54, 1.807) is 0 Å². The second-order valence-corrected chi connectivity index (χ2v) is 7.88. The van der Waals surface area contributed by atoms with Crippen molar-refractivity contribution in [2.75, 3.05) is 0 Å². The summed E-state index contributed by atoms with van der Waals surface area (Å²) in [5.74, 6) is -0.856. The molecule has 0 unspecified atom stereocenters. The molecule has 0 atom stereocenters. The van der Waals surface area contributed by atoms with Gasteiger partial charge in [0.25, 0.3) is 0 Å². The number of aromatic nitrogens is 1. The lowest BCUT2D eigenvalue weighted by Gasteiger charge is -2.23. The Bertz CT molecular complexity index is 983. The van der Waals surface area contributed by atoms with Crippen LogP contribution in [0.5, 0.6) is 0 Å². The molecule has 146 valence electrons. The van der Waals surface area contributed by atoms with Crippen molar-refractivity contribution in [1.29, 1.82) is 0 Å². The highest BCUT2D eigenvalue weighted by atomic mass is 16.4. The number of rotatable bonds is 6. The van der Waals surface area contributed by atoms with Crippen LogP contribution in [-0.4, -0.2) is 21.7 Å². The summed E-state index contributed by atoms with van der Waals surface area (Å²) in [6.45, 7) is 3.25. The Morgan fingerprint density at radius 2 is 1.79 bits per heavy atom. The molecule has 0 aliphatic heterocycles. The third kappa shape index (κ3) is 3.69. The zero-order chi connectivity index (χ0) is 19.5. The summed E-state index contributed by atoms with van der Waals surface area (Å²) in [4.78, 5) is 12.3. The minimum atomic E-state index is -0.856. The molecule has 1 aliphatic carbocycles. The number of carboxylic acids is 1. The van der Waals surface area contributed by atoms with Crippen LogP contribution < -0.4 is 5.32 Å². The molecule has 2 N–H and O–H groups in total. The Labute approximate surface area is 166 Å². The van der Waals surface area contributed by atoms with Crippen LogP contribution in [0.4, 0.5) is 0 Å². The van der Waals surface area contributed by atoms with Gasteiger partial charge < -0.3 is 15.0 Å². The molecule has 0 spiro atoms. The maximum atomic E-state index is 12.3. The summed E-state index contributed by atoms with van der Waals surface area (Å²) >= 11 is 0. The van der Waals surface area contributed by atoms with Crippen molar-refractivity contribution < 1.29 is 9.90 Å². The van der Waals surface area contributed by atoms with E-state index in [1.807, 2.05) is 41.0 Å². The van der Waals surface area contributed by atoms with Gasteiger partial charge in [-0.1, -0.05) is 61.7 Å². The van der Waals surface area contributed by atoms with Gasteiger partial charge in [0.1, 0.15) is 5.69 Å². The number of carboxylic acid groups (broad SMARTS) is 1. The second-order valence-electron chi connectivity index (χ2n) is 7.88. The summed E-state index contributed by atoms with van der Waals surface area (Å²) in [6, 6.07) is 16.7. The maximum absolute atomic E-state index is 12.3.